The van der Waals surface area contributed by atoms with Gasteiger partial charge in [0.25, 0.3) is 0 Å². The van der Waals surface area contributed by atoms with E-state index in [1.807, 2.05) is 7.05 Å². The maximum absolute atomic E-state index is 5.73. The van der Waals surface area contributed by atoms with Gasteiger partial charge < -0.3 is 10.1 Å². The van der Waals surface area contributed by atoms with E-state index in [0.29, 0.717) is 12.1 Å². The molecule has 1 aliphatic heterocycles. The molecule has 2 atom stereocenters. The Morgan fingerprint density at radius 1 is 1.37 bits per heavy atom. The number of rotatable bonds is 5. The summed E-state index contributed by atoms with van der Waals surface area (Å²) in [5.41, 5.74) is 2.68. The highest BCUT2D eigenvalue weighted by Crippen LogP contribution is 2.17. The van der Waals surface area contributed by atoms with Crippen LogP contribution in [0.4, 0.5) is 0 Å². The summed E-state index contributed by atoms with van der Waals surface area (Å²) in [6.07, 6.45) is 1.51. The number of morpholine rings is 1. The van der Waals surface area contributed by atoms with Gasteiger partial charge in [-0.1, -0.05) is 36.8 Å². The lowest BCUT2D eigenvalue weighted by atomic mass is 10.0. The third-order valence-corrected chi connectivity index (χ3v) is 3.95. The lowest BCUT2D eigenvalue weighted by molar-refractivity contribution is -0.0320. The van der Waals surface area contributed by atoms with Crippen LogP contribution in [0.5, 0.6) is 0 Å². The van der Waals surface area contributed by atoms with Crippen molar-refractivity contribution in [3.63, 3.8) is 0 Å². The van der Waals surface area contributed by atoms with Crippen LogP contribution in [0, 0.1) is 6.92 Å². The Morgan fingerprint density at radius 3 is 2.74 bits per heavy atom. The average molecular weight is 262 g/mol. The molecule has 2 unspecified atom stereocenters. The highest BCUT2D eigenvalue weighted by Gasteiger charge is 2.21. The van der Waals surface area contributed by atoms with Crippen molar-refractivity contribution >= 4 is 0 Å². The molecule has 0 bridgehead atoms. The molecule has 2 rings (SSSR count). The van der Waals surface area contributed by atoms with Crippen molar-refractivity contribution in [3.05, 3.63) is 35.4 Å². The Morgan fingerprint density at radius 2 is 2.11 bits per heavy atom. The van der Waals surface area contributed by atoms with Crippen molar-refractivity contribution < 1.29 is 4.74 Å². The zero-order valence-corrected chi connectivity index (χ0v) is 12.4. The minimum absolute atomic E-state index is 0.399. The van der Waals surface area contributed by atoms with Crippen LogP contribution in [0.1, 0.15) is 30.5 Å². The van der Waals surface area contributed by atoms with Crippen LogP contribution in [-0.2, 0) is 4.74 Å². The van der Waals surface area contributed by atoms with Crippen LogP contribution in [0.15, 0.2) is 24.3 Å². The zero-order chi connectivity index (χ0) is 13.7. The third kappa shape index (κ3) is 4.03. The molecule has 0 saturated carbocycles. The van der Waals surface area contributed by atoms with Gasteiger partial charge in [-0.3, -0.25) is 4.90 Å². The number of hydrogen-bond acceptors (Lipinski definition) is 3. The number of likely N-dealkylation sites (N-methyl/N-ethyl adjacent to an activating group) is 1. The van der Waals surface area contributed by atoms with Gasteiger partial charge in [-0.05, 0) is 26.0 Å². The molecule has 3 nitrogen and oxygen atoms in total. The minimum atomic E-state index is 0.399. The van der Waals surface area contributed by atoms with Crippen molar-refractivity contribution in [3.8, 4) is 0 Å². The summed E-state index contributed by atoms with van der Waals surface area (Å²) in [6.45, 7) is 8.35. The molecule has 1 aromatic rings. The predicted molar refractivity (Wildman–Crippen MR) is 79.5 cm³/mol. The molecule has 3 heteroatoms. The Hall–Kier alpha value is -0.900. The van der Waals surface area contributed by atoms with Crippen LogP contribution in [0.25, 0.3) is 0 Å². The molecule has 0 spiro atoms. The molecule has 0 aliphatic carbocycles. The highest BCUT2D eigenvalue weighted by atomic mass is 16.5. The van der Waals surface area contributed by atoms with Crippen molar-refractivity contribution in [2.24, 2.45) is 0 Å². The zero-order valence-electron chi connectivity index (χ0n) is 12.4. The molecular formula is C16H26N2O. The predicted octanol–water partition coefficient (Wildman–Crippen LogP) is 2.37. The molecule has 1 fully saturated rings. The minimum Gasteiger partial charge on any atom is -0.376 e. The van der Waals surface area contributed by atoms with Crippen molar-refractivity contribution in [1.82, 2.24) is 10.2 Å². The highest BCUT2D eigenvalue weighted by molar-refractivity contribution is 5.24. The summed E-state index contributed by atoms with van der Waals surface area (Å²) in [5.74, 6) is 0. The lowest BCUT2D eigenvalue weighted by Gasteiger charge is -2.34. The standard InChI is InChI=1S/C16H26N2O/c1-4-15-11-18(9-10-19-15)12-16(17-3)14-7-5-13(2)6-8-14/h5-8,15-17H,4,9-12H2,1-3H3. The molecule has 1 aliphatic rings. The number of nitrogens with one attached hydrogen (secondary N) is 1. The Balaban J connectivity index is 1.96. The van der Waals surface area contributed by atoms with Crippen LogP contribution in [0.3, 0.4) is 0 Å². The summed E-state index contributed by atoms with van der Waals surface area (Å²) in [7, 11) is 2.04. The summed E-state index contributed by atoms with van der Waals surface area (Å²) >= 11 is 0. The van der Waals surface area contributed by atoms with Crippen LogP contribution in [-0.4, -0.2) is 44.3 Å². The first-order chi connectivity index (χ1) is 9.22. The second-order valence-electron chi connectivity index (χ2n) is 5.41. The fourth-order valence-corrected chi connectivity index (χ4v) is 2.61. The molecule has 1 saturated heterocycles. The van der Waals surface area contributed by atoms with E-state index in [4.69, 9.17) is 4.74 Å². The second-order valence-corrected chi connectivity index (χ2v) is 5.41. The van der Waals surface area contributed by atoms with Gasteiger partial charge in [0.1, 0.15) is 0 Å². The largest absolute Gasteiger partial charge is 0.376 e. The Labute approximate surface area is 116 Å². The maximum Gasteiger partial charge on any atom is 0.0700 e. The quantitative estimate of drug-likeness (QED) is 0.881. The molecule has 1 N–H and O–H groups in total. The molecule has 106 valence electrons. The molecule has 1 heterocycles. The summed E-state index contributed by atoms with van der Waals surface area (Å²) in [5, 5.41) is 3.44. The first-order valence-corrected chi connectivity index (χ1v) is 7.30. The van der Waals surface area contributed by atoms with Gasteiger partial charge in [0, 0.05) is 25.7 Å². The van der Waals surface area contributed by atoms with Crippen molar-refractivity contribution in [1.29, 1.82) is 0 Å². The lowest BCUT2D eigenvalue weighted by Crippen LogP contribution is -2.45. The van der Waals surface area contributed by atoms with Gasteiger partial charge in [-0.15, -0.1) is 0 Å². The van der Waals surface area contributed by atoms with Gasteiger partial charge in [0.15, 0.2) is 0 Å². The van der Waals surface area contributed by atoms with Gasteiger partial charge in [0.05, 0.1) is 12.7 Å². The topological polar surface area (TPSA) is 24.5 Å². The number of hydrogen-bond donors (Lipinski definition) is 1. The molecule has 0 aromatic heterocycles. The van der Waals surface area contributed by atoms with Gasteiger partial charge >= 0.3 is 0 Å². The molecule has 19 heavy (non-hydrogen) atoms. The van der Waals surface area contributed by atoms with Crippen LogP contribution < -0.4 is 5.32 Å². The fourth-order valence-electron chi connectivity index (χ4n) is 2.61. The van der Waals surface area contributed by atoms with E-state index < -0.39 is 0 Å². The first-order valence-electron chi connectivity index (χ1n) is 7.30. The summed E-state index contributed by atoms with van der Waals surface area (Å²) < 4.78 is 5.73. The summed E-state index contributed by atoms with van der Waals surface area (Å²) in [4.78, 5) is 2.51. The van der Waals surface area contributed by atoms with Gasteiger partial charge in [0.2, 0.25) is 0 Å². The Bertz CT molecular complexity index is 377. The normalized spacial score (nSPS) is 22.4. The van der Waals surface area contributed by atoms with Crippen molar-refractivity contribution in [2.75, 3.05) is 33.3 Å². The smallest absolute Gasteiger partial charge is 0.0700 e. The average Bonchev–Trinajstić information content (AvgIpc) is 2.46. The van der Waals surface area contributed by atoms with E-state index in [2.05, 4.69) is 48.3 Å². The van der Waals surface area contributed by atoms with E-state index in [1.54, 1.807) is 0 Å². The van der Waals surface area contributed by atoms with Gasteiger partial charge in [-0.25, -0.2) is 0 Å². The van der Waals surface area contributed by atoms with Crippen LogP contribution >= 0.6 is 0 Å². The Kier molecular flexibility index (Phi) is 5.37. The number of benzene rings is 1. The van der Waals surface area contributed by atoms with E-state index >= 15 is 0 Å². The SMILES string of the molecule is CCC1CN(CC(NC)c2ccc(C)cc2)CCO1. The second kappa shape index (κ2) is 7.04. The van der Waals surface area contributed by atoms with E-state index in [9.17, 15) is 0 Å². The van der Waals surface area contributed by atoms with Crippen molar-refractivity contribution in [2.45, 2.75) is 32.4 Å². The summed E-state index contributed by atoms with van der Waals surface area (Å²) in [6, 6.07) is 9.24. The third-order valence-electron chi connectivity index (χ3n) is 3.95. The number of ether oxygens (including phenoxy) is 1. The van der Waals surface area contributed by atoms with E-state index in [1.165, 1.54) is 11.1 Å². The fraction of sp³-hybridized carbons (Fsp3) is 0.625. The monoisotopic (exact) mass is 262 g/mol. The van der Waals surface area contributed by atoms with E-state index in [0.717, 1.165) is 32.7 Å². The molecule has 0 radical (unpaired) electrons. The maximum atomic E-state index is 5.73. The molecule has 0 amide bonds. The first kappa shape index (κ1) is 14.5. The van der Waals surface area contributed by atoms with E-state index in [-0.39, 0.29) is 0 Å². The van der Waals surface area contributed by atoms with Crippen LogP contribution in [0.2, 0.25) is 0 Å². The molecular weight excluding hydrogens is 236 g/mol. The number of aryl methyl sites for hydroxylation is 1. The number of nitrogens with zero attached hydrogens (tertiary/aromatic N) is 1. The molecule has 1 aromatic carbocycles. The van der Waals surface area contributed by atoms with Gasteiger partial charge in [-0.2, -0.15) is 0 Å².